The van der Waals surface area contributed by atoms with Crippen molar-refractivity contribution < 1.29 is 0 Å². The fourth-order valence-electron chi connectivity index (χ4n) is 2.15. The van der Waals surface area contributed by atoms with E-state index < -0.39 is 0 Å². The van der Waals surface area contributed by atoms with E-state index in [0.29, 0.717) is 5.15 Å². The van der Waals surface area contributed by atoms with Crippen LogP contribution >= 0.6 is 11.6 Å². The van der Waals surface area contributed by atoms with Crippen molar-refractivity contribution in [2.75, 3.05) is 0 Å². The Labute approximate surface area is 122 Å². The quantitative estimate of drug-likeness (QED) is 0.660. The molecule has 0 fully saturated rings. The third-order valence-corrected chi connectivity index (χ3v) is 3.34. The van der Waals surface area contributed by atoms with Crippen LogP contribution in [0.1, 0.15) is 11.3 Å². The number of halogens is 1. The lowest BCUT2D eigenvalue weighted by Crippen LogP contribution is -1.99. The van der Waals surface area contributed by atoms with Crippen molar-refractivity contribution in [1.29, 1.82) is 0 Å². The van der Waals surface area contributed by atoms with Gasteiger partial charge in [0.1, 0.15) is 5.15 Å². The molecule has 0 saturated heterocycles. The first-order valence-electron chi connectivity index (χ1n) is 6.39. The topological polar surface area (TPSA) is 30.7 Å². The van der Waals surface area contributed by atoms with Crippen LogP contribution in [0.2, 0.25) is 5.15 Å². The molecule has 2 aromatic heterocycles. The first kappa shape index (κ1) is 12.9. The largest absolute Gasteiger partial charge is 0.245 e. The molecule has 3 rings (SSSR count). The Morgan fingerprint density at radius 1 is 1.00 bits per heavy atom. The van der Waals surface area contributed by atoms with Crippen molar-refractivity contribution >= 4 is 11.6 Å². The van der Waals surface area contributed by atoms with Crippen LogP contribution in [0.4, 0.5) is 0 Å². The standard InChI is InChI=1S/C16H14ClN3/c1-11-3-5-14(6-4-11)20-15(9-12(2)19-20)13-7-8-18-16(17)10-13/h3-10H,1-2H3. The number of hydrogen-bond donors (Lipinski definition) is 0. The van der Waals surface area contributed by atoms with E-state index in [9.17, 15) is 0 Å². The molecular formula is C16H14ClN3. The van der Waals surface area contributed by atoms with Crippen LogP contribution in [0.15, 0.2) is 48.7 Å². The maximum absolute atomic E-state index is 5.98. The zero-order valence-corrected chi connectivity index (χ0v) is 12.1. The highest BCUT2D eigenvalue weighted by Crippen LogP contribution is 2.25. The summed E-state index contributed by atoms with van der Waals surface area (Å²) in [6.07, 6.45) is 1.71. The number of benzene rings is 1. The van der Waals surface area contributed by atoms with E-state index >= 15 is 0 Å². The lowest BCUT2D eigenvalue weighted by molar-refractivity contribution is 0.868. The van der Waals surface area contributed by atoms with Gasteiger partial charge in [0.2, 0.25) is 0 Å². The molecule has 0 aliphatic carbocycles. The first-order chi connectivity index (χ1) is 9.63. The van der Waals surface area contributed by atoms with Crippen LogP contribution in [0.3, 0.4) is 0 Å². The molecule has 0 aliphatic heterocycles. The SMILES string of the molecule is Cc1ccc(-n2nc(C)cc2-c2ccnc(Cl)c2)cc1. The molecule has 0 amide bonds. The number of aromatic nitrogens is 3. The number of nitrogens with zero attached hydrogens (tertiary/aromatic N) is 3. The van der Waals surface area contributed by atoms with Crippen LogP contribution in [-0.4, -0.2) is 14.8 Å². The summed E-state index contributed by atoms with van der Waals surface area (Å²) in [5.41, 5.74) is 5.24. The van der Waals surface area contributed by atoms with Gasteiger partial charge in [-0.3, -0.25) is 0 Å². The Morgan fingerprint density at radius 2 is 1.75 bits per heavy atom. The van der Waals surface area contributed by atoms with Crippen LogP contribution in [0, 0.1) is 13.8 Å². The van der Waals surface area contributed by atoms with Gasteiger partial charge >= 0.3 is 0 Å². The Balaban J connectivity index is 2.15. The zero-order valence-electron chi connectivity index (χ0n) is 11.3. The average molecular weight is 284 g/mol. The maximum Gasteiger partial charge on any atom is 0.129 e. The number of rotatable bonds is 2. The minimum absolute atomic E-state index is 0.483. The van der Waals surface area contributed by atoms with Crippen molar-refractivity contribution in [3.8, 4) is 16.9 Å². The summed E-state index contributed by atoms with van der Waals surface area (Å²) in [5, 5.41) is 5.05. The Morgan fingerprint density at radius 3 is 2.45 bits per heavy atom. The lowest BCUT2D eigenvalue weighted by atomic mass is 10.1. The summed E-state index contributed by atoms with van der Waals surface area (Å²) in [6.45, 7) is 4.05. The van der Waals surface area contributed by atoms with Crippen LogP contribution in [-0.2, 0) is 0 Å². The molecule has 0 saturated carbocycles. The first-order valence-corrected chi connectivity index (χ1v) is 6.77. The Kier molecular flexibility index (Phi) is 3.28. The second-order valence-corrected chi connectivity index (χ2v) is 5.17. The summed E-state index contributed by atoms with van der Waals surface area (Å²) in [7, 11) is 0. The maximum atomic E-state index is 5.98. The minimum Gasteiger partial charge on any atom is -0.245 e. The Bertz CT molecular complexity index is 745. The van der Waals surface area contributed by atoms with Gasteiger partial charge in [-0.25, -0.2) is 9.67 Å². The van der Waals surface area contributed by atoms with Crippen molar-refractivity contribution in [1.82, 2.24) is 14.8 Å². The molecule has 0 radical (unpaired) electrons. The summed E-state index contributed by atoms with van der Waals surface area (Å²) >= 11 is 5.98. The fraction of sp³-hybridized carbons (Fsp3) is 0.125. The van der Waals surface area contributed by atoms with Crippen molar-refractivity contribution in [2.24, 2.45) is 0 Å². The summed E-state index contributed by atoms with van der Waals surface area (Å²) in [6, 6.07) is 14.1. The van der Waals surface area contributed by atoms with Gasteiger partial charge in [-0.05, 0) is 44.2 Å². The van der Waals surface area contributed by atoms with E-state index in [0.717, 1.165) is 22.6 Å². The van der Waals surface area contributed by atoms with E-state index in [4.69, 9.17) is 11.6 Å². The van der Waals surface area contributed by atoms with E-state index in [1.807, 2.05) is 29.8 Å². The average Bonchev–Trinajstić information content (AvgIpc) is 2.82. The third kappa shape index (κ3) is 2.45. The van der Waals surface area contributed by atoms with Gasteiger partial charge in [-0.2, -0.15) is 5.10 Å². The molecule has 0 spiro atoms. The fourth-order valence-corrected chi connectivity index (χ4v) is 2.32. The van der Waals surface area contributed by atoms with E-state index in [1.165, 1.54) is 5.56 Å². The summed E-state index contributed by atoms with van der Waals surface area (Å²) in [5.74, 6) is 0. The van der Waals surface area contributed by atoms with Crippen molar-refractivity contribution in [3.63, 3.8) is 0 Å². The van der Waals surface area contributed by atoms with Gasteiger partial charge in [0.25, 0.3) is 0 Å². The molecular weight excluding hydrogens is 270 g/mol. The summed E-state index contributed by atoms with van der Waals surface area (Å²) < 4.78 is 1.93. The second kappa shape index (κ2) is 5.10. The molecule has 1 aromatic carbocycles. The Hall–Kier alpha value is -2.13. The third-order valence-electron chi connectivity index (χ3n) is 3.13. The predicted octanol–water partition coefficient (Wildman–Crippen LogP) is 4.20. The number of pyridine rings is 1. The van der Waals surface area contributed by atoms with Crippen molar-refractivity contribution in [2.45, 2.75) is 13.8 Å². The molecule has 100 valence electrons. The molecule has 3 nitrogen and oxygen atoms in total. The molecule has 0 unspecified atom stereocenters. The highest BCUT2D eigenvalue weighted by atomic mass is 35.5. The molecule has 0 bridgehead atoms. The monoisotopic (exact) mass is 283 g/mol. The van der Waals surface area contributed by atoms with Crippen LogP contribution < -0.4 is 0 Å². The molecule has 20 heavy (non-hydrogen) atoms. The molecule has 0 atom stereocenters. The second-order valence-electron chi connectivity index (χ2n) is 4.79. The molecule has 0 N–H and O–H groups in total. The lowest BCUT2D eigenvalue weighted by Gasteiger charge is -2.08. The molecule has 2 heterocycles. The van der Waals surface area contributed by atoms with Gasteiger partial charge in [-0.1, -0.05) is 29.3 Å². The van der Waals surface area contributed by atoms with Gasteiger partial charge in [0.15, 0.2) is 0 Å². The molecule has 3 aromatic rings. The van der Waals surface area contributed by atoms with Gasteiger partial charge in [0, 0.05) is 11.8 Å². The molecule has 0 aliphatic rings. The van der Waals surface area contributed by atoms with Crippen LogP contribution in [0.25, 0.3) is 16.9 Å². The van der Waals surface area contributed by atoms with Gasteiger partial charge in [-0.15, -0.1) is 0 Å². The highest BCUT2D eigenvalue weighted by molar-refractivity contribution is 6.29. The van der Waals surface area contributed by atoms with Gasteiger partial charge in [0.05, 0.1) is 17.1 Å². The van der Waals surface area contributed by atoms with E-state index in [-0.39, 0.29) is 0 Å². The molecule has 4 heteroatoms. The van der Waals surface area contributed by atoms with E-state index in [2.05, 4.69) is 41.3 Å². The van der Waals surface area contributed by atoms with Crippen LogP contribution in [0.5, 0.6) is 0 Å². The van der Waals surface area contributed by atoms with E-state index in [1.54, 1.807) is 6.20 Å². The predicted molar refractivity (Wildman–Crippen MR) is 81.3 cm³/mol. The minimum atomic E-state index is 0.483. The van der Waals surface area contributed by atoms with Crippen molar-refractivity contribution in [3.05, 3.63) is 65.1 Å². The number of hydrogen-bond acceptors (Lipinski definition) is 2. The van der Waals surface area contributed by atoms with Gasteiger partial charge < -0.3 is 0 Å². The summed E-state index contributed by atoms with van der Waals surface area (Å²) in [4.78, 5) is 4.02. The zero-order chi connectivity index (χ0) is 14.1. The number of aryl methyl sites for hydroxylation is 2. The highest BCUT2D eigenvalue weighted by Gasteiger charge is 2.10. The normalized spacial score (nSPS) is 10.8. The smallest absolute Gasteiger partial charge is 0.129 e.